The van der Waals surface area contributed by atoms with Gasteiger partial charge in [0.25, 0.3) is 0 Å². The van der Waals surface area contributed by atoms with Crippen molar-refractivity contribution in [3.63, 3.8) is 0 Å². The van der Waals surface area contributed by atoms with E-state index in [1.807, 2.05) is 41.8 Å². The van der Waals surface area contributed by atoms with E-state index in [0.29, 0.717) is 13.2 Å². The molecule has 0 aromatic rings. The van der Waals surface area contributed by atoms with E-state index in [9.17, 15) is 0 Å². The number of fused-ring (bicyclic) bond motifs is 1. The molecule has 0 spiro atoms. The molecule has 0 aliphatic carbocycles. The van der Waals surface area contributed by atoms with Crippen molar-refractivity contribution in [1.29, 1.82) is 0 Å². The summed E-state index contributed by atoms with van der Waals surface area (Å²) >= 11 is 0. The van der Waals surface area contributed by atoms with Gasteiger partial charge in [-0.1, -0.05) is 0 Å². The van der Waals surface area contributed by atoms with Crippen LogP contribution in [0.3, 0.4) is 0 Å². The van der Waals surface area contributed by atoms with Gasteiger partial charge in [0.15, 0.2) is 17.9 Å². The van der Waals surface area contributed by atoms with Gasteiger partial charge in [-0.25, -0.2) is 0 Å². The second-order valence-electron chi connectivity index (χ2n) is 7.58. The zero-order chi connectivity index (χ0) is 16.8. The predicted octanol–water partition coefficient (Wildman–Crippen LogP) is 0.961. The lowest BCUT2D eigenvalue weighted by molar-refractivity contribution is -0.236. The molecule has 0 N–H and O–H groups in total. The van der Waals surface area contributed by atoms with E-state index >= 15 is 0 Å². The normalized spacial score (nSPS) is 41.6. The van der Waals surface area contributed by atoms with Gasteiger partial charge >= 0.3 is 0 Å². The summed E-state index contributed by atoms with van der Waals surface area (Å²) in [5.41, 5.74) is 0. The minimum atomic E-state index is -0.657. The SMILES string of the molecule is CN(C)CCO[C@@H]1C2OC(C)(C)OC2O[C@@H]1[C@H]1COC(C)(C)O1. The van der Waals surface area contributed by atoms with Crippen LogP contribution in [-0.4, -0.2) is 81.0 Å². The van der Waals surface area contributed by atoms with Crippen molar-refractivity contribution in [3.05, 3.63) is 0 Å². The predicted molar refractivity (Wildman–Crippen MR) is 81.9 cm³/mol. The third-order valence-electron chi connectivity index (χ3n) is 4.27. The van der Waals surface area contributed by atoms with Crippen LogP contribution in [-0.2, 0) is 28.4 Å². The maximum Gasteiger partial charge on any atom is 0.190 e. The Morgan fingerprint density at radius 1 is 1.00 bits per heavy atom. The van der Waals surface area contributed by atoms with Crippen molar-refractivity contribution in [2.75, 3.05) is 33.9 Å². The smallest absolute Gasteiger partial charge is 0.190 e. The summed E-state index contributed by atoms with van der Waals surface area (Å²) in [6.07, 6.45) is -1.35. The summed E-state index contributed by atoms with van der Waals surface area (Å²) in [6.45, 7) is 9.49. The van der Waals surface area contributed by atoms with E-state index < -0.39 is 17.9 Å². The number of likely N-dealkylation sites (N-methyl/N-ethyl adjacent to an activating group) is 1. The Hall–Kier alpha value is -0.280. The molecule has 23 heavy (non-hydrogen) atoms. The van der Waals surface area contributed by atoms with Gasteiger partial charge in [0, 0.05) is 6.54 Å². The first-order valence-corrected chi connectivity index (χ1v) is 8.26. The van der Waals surface area contributed by atoms with Crippen LogP contribution in [0.1, 0.15) is 27.7 Å². The fourth-order valence-electron chi connectivity index (χ4n) is 3.24. The van der Waals surface area contributed by atoms with Crippen LogP contribution in [0.25, 0.3) is 0 Å². The first kappa shape index (κ1) is 17.5. The summed E-state index contributed by atoms with van der Waals surface area (Å²) in [5.74, 6) is -1.25. The highest BCUT2D eigenvalue weighted by molar-refractivity contribution is 4.98. The number of nitrogens with zero attached hydrogens (tertiary/aromatic N) is 1. The lowest BCUT2D eigenvalue weighted by Crippen LogP contribution is -2.44. The molecule has 5 atom stereocenters. The molecule has 3 heterocycles. The van der Waals surface area contributed by atoms with Gasteiger partial charge in [-0.05, 0) is 41.8 Å². The van der Waals surface area contributed by atoms with E-state index in [1.165, 1.54) is 0 Å². The monoisotopic (exact) mass is 331 g/mol. The van der Waals surface area contributed by atoms with Gasteiger partial charge in [0.05, 0.1) is 13.2 Å². The van der Waals surface area contributed by atoms with Crippen molar-refractivity contribution < 1.29 is 28.4 Å². The zero-order valence-corrected chi connectivity index (χ0v) is 14.9. The molecule has 0 aromatic heterocycles. The molecule has 7 nitrogen and oxygen atoms in total. The average Bonchev–Trinajstić information content (AvgIpc) is 3.00. The molecular weight excluding hydrogens is 302 g/mol. The summed E-state index contributed by atoms with van der Waals surface area (Å²) in [6, 6.07) is 0. The second-order valence-corrected chi connectivity index (χ2v) is 7.58. The van der Waals surface area contributed by atoms with Crippen LogP contribution >= 0.6 is 0 Å². The Bertz CT molecular complexity index is 427. The molecule has 3 aliphatic rings. The lowest BCUT2D eigenvalue weighted by Gasteiger charge is -2.29. The van der Waals surface area contributed by atoms with E-state index in [-0.39, 0.29) is 24.4 Å². The van der Waals surface area contributed by atoms with E-state index in [4.69, 9.17) is 28.4 Å². The number of hydrogen-bond acceptors (Lipinski definition) is 7. The summed E-state index contributed by atoms with van der Waals surface area (Å²) in [7, 11) is 4.03. The Morgan fingerprint density at radius 3 is 2.35 bits per heavy atom. The molecule has 3 fully saturated rings. The molecule has 0 bridgehead atoms. The molecule has 0 aromatic carbocycles. The first-order valence-electron chi connectivity index (χ1n) is 8.26. The maximum atomic E-state index is 6.11. The first-order chi connectivity index (χ1) is 10.7. The minimum absolute atomic E-state index is 0.185. The fraction of sp³-hybridized carbons (Fsp3) is 1.00. The molecular formula is C16H29NO6. The van der Waals surface area contributed by atoms with Crippen LogP contribution in [0.15, 0.2) is 0 Å². The van der Waals surface area contributed by atoms with E-state index in [0.717, 1.165) is 6.54 Å². The van der Waals surface area contributed by atoms with Gasteiger partial charge in [-0.15, -0.1) is 0 Å². The van der Waals surface area contributed by atoms with E-state index in [1.54, 1.807) is 0 Å². The Morgan fingerprint density at radius 2 is 1.74 bits per heavy atom. The molecule has 0 saturated carbocycles. The molecule has 3 rings (SSSR count). The Balaban J connectivity index is 1.68. The van der Waals surface area contributed by atoms with Crippen LogP contribution in [0.2, 0.25) is 0 Å². The minimum Gasteiger partial charge on any atom is -0.371 e. The van der Waals surface area contributed by atoms with E-state index in [2.05, 4.69) is 4.90 Å². The Labute approximate surface area is 138 Å². The fourth-order valence-corrected chi connectivity index (χ4v) is 3.24. The van der Waals surface area contributed by atoms with Gasteiger partial charge in [0.2, 0.25) is 0 Å². The topological polar surface area (TPSA) is 58.6 Å². The molecule has 0 amide bonds. The summed E-state index contributed by atoms with van der Waals surface area (Å²) in [4.78, 5) is 2.08. The molecule has 2 unspecified atom stereocenters. The molecule has 134 valence electrons. The molecule has 3 saturated heterocycles. The maximum absolute atomic E-state index is 6.11. The lowest BCUT2D eigenvalue weighted by atomic mass is 10.1. The van der Waals surface area contributed by atoms with Gasteiger partial charge in [-0.2, -0.15) is 0 Å². The van der Waals surface area contributed by atoms with Crippen molar-refractivity contribution >= 4 is 0 Å². The van der Waals surface area contributed by atoms with Crippen molar-refractivity contribution in [2.45, 2.75) is 70.0 Å². The van der Waals surface area contributed by atoms with Gasteiger partial charge in [0.1, 0.15) is 24.4 Å². The van der Waals surface area contributed by atoms with Crippen LogP contribution in [0, 0.1) is 0 Å². The van der Waals surface area contributed by atoms with Gasteiger partial charge < -0.3 is 33.3 Å². The van der Waals surface area contributed by atoms with Crippen molar-refractivity contribution in [2.24, 2.45) is 0 Å². The highest BCUT2D eigenvalue weighted by Gasteiger charge is 2.58. The standard InChI is InChI=1S/C16H29NO6/c1-15(2)19-9-10(21-15)11-12(18-8-7-17(5)6)13-14(20-11)23-16(3,4)22-13/h10-14H,7-9H2,1-6H3/t10-,11-,12+,13?,14?/m1/s1. The number of ether oxygens (including phenoxy) is 6. The average molecular weight is 331 g/mol. The van der Waals surface area contributed by atoms with Crippen molar-refractivity contribution in [3.8, 4) is 0 Å². The summed E-state index contributed by atoms with van der Waals surface area (Å²) < 4.78 is 35.7. The summed E-state index contributed by atoms with van der Waals surface area (Å²) in [5, 5.41) is 0. The third-order valence-corrected chi connectivity index (χ3v) is 4.27. The molecule has 3 aliphatic heterocycles. The highest BCUT2D eigenvalue weighted by atomic mass is 16.8. The number of hydrogen-bond donors (Lipinski definition) is 0. The second kappa shape index (κ2) is 6.22. The highest BCUT2D eigenvalue weighted by Crippen LogP contribution is 2.41. The third kappa shape index (κ3) is 3.87. The Kier molecular flexibility index (Phi) is 4.74. The van der Waals surface area contributed by atoms with Crippen LogP contribution in [0.4, 0.5) is 0 Å². The molecule has 0 radical (unpaired) electrons. The number of rotatable bonds is 5. The largest absolute Gasteiger partial charge is 0.371 e. The van der Waals surface area contributed by atoms with Crippen LogP contribution in [0.5, 0.6) is 0 Å². The zero-order valence-electron chi connectivity index (χ0n) is 14.9. The van der Waals surface area contributed by atoms with Gasteiger partial charge in [-0.3, -0.25) is 0 Å². The van der Waals surface area contributed by atoms with Crippen LogP contribution < -0.4 is 0 Å². The quantitative estimate of drug-likeness (QED) is 0.744. The van der Waals surface area contributed by atoms with Crippen molar-refractivity contribution in [1.82, 2.24) is 4.90 Å². The molecule has 7 heteroatoms.